The van der Waals surface area contributed by atoms with Gasteiger partial charge in [-0.25, -0.2) is 4.79 Å². The lowest BCUT2D eigenvalue weighted by Gasteiger charge is -2.03. The number of aryl methyl sites for hydroxylation is 2. The van der Waals surface area contributed by atoms with E-state index < -0.39 is 11.2 Å². The zero-order valence-corrected chi connectivity index (χ0v) is 12.2. The summed E-state index contributed by atoms with van der Waals surface area (Å²) in [6, 6.07) is 7.22. The van der Waals surface area contributed by atoms with Crippen molar-refractivity contribution in [1.82, 2.24) is 9.13 Å². The lowest BCUT2D eigenvalue weighted by Crippen LogP contribution is -2.37. The molecule has 0 saturated carbocycles. The molecule has 108 valence electrons. The van der Waals surface area contributed by atoms with E-state index >= 15 is 0 Å². The maximum absolute atomic E-state index is 12.1. The molecule has 21 heavy (non-hydrogen) atoms. The summed E-state index contributed by atoms with van der Waals surface area (Å²) < 4.78 is 2.31. The van der Waals surface area contributed by atoms with Crippen molar-refractivity contribution >= 4 is 11.9 Å². The van der Waals surface area contributed by atoms with Gasteiger partial charge in [0.1, 0.15) is 0 Å². The third-order valence-electron chi connectivity index (χ3n) is 3.19. The van der Waals surface area contributed by atoms with E-state index in [1.807, 2.05) is 19.1 Å². The first-order chi connectivity index (χ1) is 9.90. The molecular weight excluding hydrogens is 268 g/mol. The Labute approximate surface area is 121 Å². The molecule has 0 spiro atoms. The van der Waals surface area contributed by atoms with Crippen LogP contribution in [0.25, 0.3) is 6.08 Å². The van der Waals surface area contributed by atoms with Crippen molar-refractivity contribution < 1.29 is 4.79 Å². The average molecular weight is 284 g/mol. The van der Waals surface area contributed by atoms with Gasteiger partial charge >= 0.3 is 5.69 Å². The Hall–Kier alpha value is -2.69. The lowest BCUT2D eigenvalue weighted by molar-refractivity contribution is 0.104. The van der Waals surface area contributed by atoms with E-state index in [0.717, 1.165) is 10.1 Å². The summed E-state index contributed by atoms with van der Waals surface area (Å²) in [6.07, 6.45) is 4.20. The second kappa shape index (κ2) is 5.75. The summed E-state index contributed by atoms with van der Waals surface area (Å²) in [5.74, 6) is -0.186. The fourth-order valence-corrected chi connectivity index (χ4v) is 2.01. The minimum atomic E-state index is -0.425. The predicted octanol–water partition coefficient (Wildman–Crippen LogP) is 1.29. The van der Waals surface area contributed by atoms with Gasteiger partial charge in [-0.05, 0) is 25.1 Å². The average Bonchev–Trinajstić information content (AvgIpc) is 2.47. The molecule has 1 aromatic heterocycles. The third kappa shape index (κ3) is 3.08. The number of rotatable bonds is 3. The van der Waals surface area contributed by atoms with Crippen LogP contribution >= 0.6 is 0 Å². The highest BCUT2D eigenvalue weighted by Crippen LogP contribution is 2.06. The third-order valence-corrected chi connectivity index (χ3v) is 3.19. The molecule has 2 rings (SSSR count). The van der Waals surface area contributed by atoms with Crippen LogP contribution in [-0.4, -0.2) is 14.9 Å². The Morgan fingerprint density at radius 3 is 2.57 bits per heavy atom. The van der Waals surface area contributed by atoms with Crippen molar-refractivity contribution in [2.24, 2.45) is 14.1 Å². The lowest BCUT2D eigenvalue weighted by atomic mass is 10.1. The van der Waals surface area contributed by atoms with Crippen LogP contribution in [-0.2, 0) is 14.1 Å². The van der Waals surface area contributed by atoms with Gasteiger partial charge in [0.2, 0.25) is 0 Å². The first kappa shape index (κ1) is 14.7. The van der Waals surface area contributed by atoms with Crippen molar-refractivity contribution in [2.75, 3.05) is 0 Å². The Morgan fingerprint density at radius 2 is 1.90 bits per heavy atom. The molecule has 0 aliphatic carbocycles. The van der Waals surface area contributed by atoms with E-state index in [0.29, 0.717) is 11.1 Å². The second-order valence-corrected chi connectivity index (χ2v) is 4.91. The van der Waals surface area contributed by atoms with Crippen LogP contribution in [0.3, 0.4) is 0 Å². The van der Waals surface area contributed by atoms with Gasteiger partial charge in [-0.15, -0.1) is 0 Å². The summed E-state index contributed by atoms with van der Waals surface area (Å²) >= 11 is 0. The second-order valence-electron chi connectivity index (χ2n) is 4.91. The van der Waals surface area contributed by atoms with Crippen molar-refractivity contribution in [3.63, 3.8) is 0 Å². The number of allylic oxidation sites excluding steroid dienone is 1. The van der Waals surface area contributed by atoms with Crippen molar-refractivity contribution in [3.8, 4) is 0 Å². The quantitative estimate of drug-likeness (QED) is 0.630. The van der Waals surface area contributed by atoms with E-state index in [4.69, 9.17) is 0 Å². The van der Waals surface area contributed by atoms with Crippen LogP contribution < -0.4 is 11.2 Å². The molecule has 0 N–H and O–H groups in total. The monoisotopic (exact) mass is 284 g/mol. The van der Waals surface area contributed by atoms with Crippen LogP contribution in [0.5, 0.6) is 0 Å². The summed E-state index contributed by atoms with van der Waals surface area (Å²) in [5, 5.41) is 0. The van der Waals surface area contributed by atoms with Crippen LogP contribution in [0.4, 0.5) is 0 Å². The van der Waals surface area contributed by atoms with Crippen LogP contribution in [0.2, 0.25) is 0 Å². The van der Waals surface area contributed by atoms with E-state index in [1.54, 1.807) is 19.2 Å². The fraction of sp³-hybridized carbons (Fsp3) is 0.188. The number of carbonyl (C=O) groups excluding carboxylic acids is 1. The molecule has 5 nitrogen and oxygen atoms in total. The number of hydrogen-bond donors (Lipinski definition) is 0. The molecule has 0 aliphatic rings. The predicted molar refractivity (Wildman–Crippen MR) is 81.5 cm³/mol. The zero-order chi connectivity index (χ0) is 15.6. The molecular formula is C16H16N2O3. The number of benzene rings is 1. The maximum Gasteiger partial charge on any atom is 0.330 e. The summed E-state index contributed by atoms with van der Waals surface area (Å²) in [5.41, 5.74) is 1.02. The van der Waals surface area contributed by atoms with Gasteiger partial charge in [-0.1, -0.05) is 23.8 Å². The Balaban J connectivity index is 2.37. The first-order valence-corrected chi connectivity index (χ1v) is 6.46. The number of ketones is 1. The topological polar surface area (TPSA) is 61.1 Å². The summed E-state index contributed by atoms with van der Waals surface area (Å²) in [4.78, 5) is 35.6. The maximum atomic E-state index is 12.1. The van der Waals surface area contributed by atoms with Gasteiger partial charge in [0.15, 0.2) is 5.78 Å². The molecule has 2 aromatic rings. The molecule has 0 saturated heterocycles. The number of hydrogen-bond acceptors (Lipinski definition) is 3. The largest absolute Gasteiger partial charge is 0.330 e. The summed E-state index contributed by atoms with van der Waals surface area (Å²) in [6.45, 7) is 1.91. The van der Waals surface area contributed by atoms with Crippen molar-refractivity contribution in [1.29, 1.82) is 0 Å². The SMILES string of the molecule is Cc1cccc(C(=O)/C=C/c2cn(C)c(=O)n(C)c2=O)c1. The van der Waals surface area contributed by atoms with Crippen molar-refractivity contribution in [2.45, 2.75) is 6.92 Å². The van der Waals surface area contributed by atoms with E-state index in [1.165, 1.54) is 30.0 Å². The molecule has 1 heterocycles. The van der Waals surface area contributed by atoms with Crippen LogP contribution in [0, 0.1) is 6.92 Å². The van der Waals surface area contributed by atoms with E-state index in [9.17, 15) is 14.4 Å². The van der Waals surface area contributed by atoms with Crippen molar-refractivity contribution in [3.05, 3.63) is 74.1 Å². The number of carbonyl (C=O) groups is 1. The minimum Gasteiger partial charge on any atom is -0.303 e. The zero-order valence-electron chi connectivity index (χ0n) is 12.2. The summed E-state index contributed by atoms with van der Waals surface area (Å²) in [7, 11) is 2.96. The highest BCUT2D eigenvalue weighted by Gasteiger charge is 2.05. The van der Waals surface area contributed by atoms with E-state index in [2.05, 4.69) is 0 Å². The van der Waals surface area contributed by atoms with Gasteiger partial charge in [0, 0.05) is 25.9 Å². The standard InChI is InChI=1S/C16H16N2O3/c1-11-5-4-6-12(9-11)14(19)8-7-13-10-17(2)16(21)18(3)15(13)20/h4-10H,1-3H3/b8-7+. The smallest absolute Gasteiger partial charge is 0.303 e. The normalized spacial score (nSPS) is 11.0. The van der Waals surface area contributed by atoms with Crippen LogP contribution in [0.15, 0.2) is 46.1 Å². The minimum absolute atomic E-state index is 0.186. The number of aromatic nitrogens is 2. The Bertz CT molecular complexity index is 841. The van der Waals surface area contributed by atoms with Crippen LogP contribution in [0.1, 0.15) is 21.5 Å². The molecule has 0 fully saturated rings. The highest BCUT2D eigenvalue weighted by atomic mass is 16.2. The molecule has 0 aliphatic heterocycles. The molecule has 0 bridgehead atoms. The first-order valence-electron chi connectivity index (χ1n) is 6.46. The highest BCUT2D eigenvalue weighted by molar-refractivity contribution is 6.06. The van der Waals surface area contributed by atoms with Gasteiger partial charge < -0.3 is 4.57 Å². The fourth-order valence-electron chi connectivity index (χ4n) is 2.01. The van der Waals surface area contributed by atoms with Gasteiger partial charge in [-0.3, -0.25) is 14.2 Å². The molecule has 0 atom stereocenters. The molecule has 1 aromatic carbocycles. The van der Waals surface area contributed by atoms with E-state index in [-0.39, 0.29) is 5.78 Å². The molecule has 0 radical (unpaired) electrons. The molecule has 0 unspecified atom stereocenters. The van der Waals surface area contributed by atoms with Gasteiger partial charge in [0.05, 0.1) is 5.56 Å². The number of nitrogens with zero attached hydrogens (tertiary/aromatic N) is 2. The van der Waals surface area contributed by atoms with Gasteiger partial charge in [0.25, 0.3) is 5.56 Å². The Morgan fingerprint density at radius 1 is 1.19 bits per heavy atom. The Kier molecular flexibility index (Phi) is 4.03. The molecule has 5 heteroatoms. The molecule has 0 amide bonds. The van der Waals surface area contributed by atoms with Gasteiger partial charge in [-0.2, -0.15) is 0 Å².